The van der Waals surface area contributed by atoms with Gasteiger partial charge in [0.05, 0.1) is 12.6 Å². The quantitative estimate of drug-likeness (QED) is 0.487. The topological polar surface area (TPSA) is 49.9 Å². The lowest BCUT2D eigenvalue weighted by Crippen LogP contribution is -2.49. The van der Waals surface area contributed by atoms with Gasteiger partial charge in [-0.25, -0.2) is 0 Å². The summed E-state index contributed by atoms with van der Waals surface area (Å²) in [5, 5.41) is 2.75. The molecule has 1 aromatic heterocycles. The van der Waals surface area contributed by atoms with Crippen molar-refractivity contribution < 1.29 is 14.3 Å². The molecule has 0 radical (unpaired) electrons. The highest BCUT2D eigenvalue weighted by Crippen LogP contribution is 2.34. The molecule has 2 aliphatic rings. The fourth-order valence-corrected chi connectivity index (χ4v) is 5.99. The van der Waals surface area contributed by atoms with E-state index in [1.807, 2.05) is 21.9 Å². The Morgan fingerprint density at radius 1 is 1.18 bits per heavy atom. The van der Waals surface area contributed by atoms with Crippen molar-refractivity contribution in [2.75, 3.05) is 26.2 Å². The van der Waals surface area contributed by atoms with E-state index in [0.717, 1.165) is 43.4 Å². The van der Waals surface area contributed by atoms with Crippen LogP contribution in [0.3, 0.4) is 0 Å². The van der Waals surface area contributed by atoms with Gasteiger partial charge in [-0.3, -0.25) is 9.59 Å². The molecule has 0 N–H and O–H groups in total. The molecule has 1 fully saturated rings. The van der Waals surface area contributed by atoms with Gasteiger partial charge in [0.25, 0.3) is 0 Å². The smallest absolute Gasteiger partial charge is 0.242 e. The third kappa shape index (κ3) is 5.90. The lowest BCUT2D eigenvalue weighted by atomic mass is 10.00. The summed E-state index contributed by atoms with van der Waals surface area (Å²) in [5.41, 5.74) is 1.16. The van der Waals surface area contributed by atoms with E-state index in [-0.39, 0.29) is 30.3 Å². The molecule has 2 heterocycles. The first-order valence-corrected chi connectivity index (χ1v) is 13.2. The number of amides is 2. The van der Waals surface area contributed by atoms with E-state index < -0.39 is 0 Å². The molecule has 178 valence electrons. The summed E-state index contributed by atoms with van der Waals surface area (Å²) in [6, 6.07) is 9.23. The summed E-state index contributed by atoms with van der Waals surface area (Å²) in [7, 11) is 0. The molecule has 0 spiro atoms. The molecule has 4 rings (SSSR count). The van der Waals surface area contributed by atoms with Crippen LogP contribution in [-0.4, -0.2) is 47.9 Å². The van der Waals surface area contributed by atoms with Gasteiger partial charge < -0.3 is 14.5 Å². The highest BCUT2D eigenvalue weighted by atomic mass is 35.5. The van der Waals surface area contributed by atoms with Crippen molar-refractivity contribution in [2.24, 2.45) is 11.8 Å². The molecule has 0 bridgehead atoms. The molecule has 33 heavy (non-hydrogen) atoms. The number of hydrogen-bond donors (Lipinski definition) is 0. The maximum Gasteiger partial charge on any atom is 0.242 e. The summed E-state index contributed by atoms with van der Waals surface area (Å²) < 4.78 is 6.08. The van der Waals surface area contributed by atoms with Crippen molar-refractivity contribution in [2.45, 2.75) is 52.0 Å². The molecule has 1 atom stereocenters. The minimum Gasteiger partial charge on any atom is -0.491 e. The molecular formula is C26H33ClN2O3S. The number of fused-ring (bicyclic) bond motifs is 1. The van der Waals surface area contributed by atoms with E-state index in [1.54, 1.807) is 23.5 Å². The van der Waals surface area contributed by atoms with Gasteiger partial charge in [-0.05, 0) is 66.5 Å². The number of nitrogens with zero attached hydrogens (tertiary/aromatic N) is 2. The van der Waals surface area contributed by atoms with Crippen LogP contribution in [0.1, 0.15) is 56.0 Å². The van der Waals surface area contributed by atoms with Crippen LogP contribution < -0.4 is 4.74 Å². The lowest BCUT2D eigenvalue weighted by Gasteiger charge is -2.37. The molecule has 1 aromatic carbocycles. The predicted octanol–water partition coefficient (Wildman–Crippen LogP) is 5.58. The Bertz CT molecular complexity index is 953. The molecule has 2 aromatic rings. The van der Waals surface area contributed by atoms with Crippen molar-refractivity contribution in [3.05, 3.63) is 51.2 Å². The van der Waals surface area contributed by atoms with Crippen LogP contribution in [0.2, 0.25) is 5.02 Å². The van der Waals surface area contributed by atoms with Crippen LogP contribution in [0.5, 0.6) is 5.75 Å². The fraction of sp³-hybridized carbons (Fsp3) is 0.538. The summed E-state index contributed by atoms with van der Waals surface area (Å²) >= 11 is 7.73. The van der Waals surface area contributed by atoms with Crippen molar-refractivity contribution in [1.29, 1.82) is 0 Å². The highest BCUT2D eigenvalue weighted by molar-refractivity contribution is 7.10. The maximum atomic E-state index is 13.6. The number of halogens is 1. The third-order valence-corrected chi connectivity index (χ3v) is 7.81. The Morgan fingerprint density at radius 3 is 2.61 bits per heavy atom. The van der Waals surface area contributed by atoms with Crippen LogP contribution in [0.15, 0.2) is 35.7 Å². The molecule has 0 saturated heterocycles. The summed E-state index contributed by atoms with van der Waals surface area (Å²) in [5.74, 6) is 1.27. The Labute approximate surface area is 205 Å². The molecule has 2 amide bonds. The molecule has 7 heteroatoms. The van der Waals surface area contributed by atoms with Gasteiger partial charge in [-0.2, -0.15) is 0 Å². The number of hydrogen-bond acceptors (Lipinski definition) is 4. The van der Waals surface area contributed by atoms with Crippen molar-refractivity contribution in [3.63, 3.8) is 0 Å². The van der Waals surface area contributed by atoms with E-state index in [4.69, 9.17) is 16.3 Å². The second-order valence-corrected chi connectivity index (χ2v) is 10.9. The van der Waals surface area contributed by atoms with Crippen molar-refractivity contribution >= 4 is 34.8 Å². The first-order chi connectivity index (χ1) is 15.9. The normalized spacial score (nSPS) is 18.4. The molecular weight excluding hydrogens is 456 g/mol. The van der Waals surface area contributed by atoms with Crippen LogP contribution in [0.4, 0.5) is 0 Å². The fourth-order valence-electron chi connectivity index (χ4n) is 4.94. The Hall–Kier alpha value is -2.05. The second-order valence-electron chi connectivity index (χ2n) is 9.51. The number of carbonyl (C=O) groups excluding carboxylic acids is 2. The molecule has 1 aliphatic heterocycles. The Balaban J connectivity index is 1.49. The van der Waals surface area contributed by atoms with Crippen LogP contribution in [-0.2, 0) is 16.0 Å². The first-order valence-electron chi connectivity index (χ1n) is 11.9. The van der Waals surface area contributed by atoms with Gasteiger partial charge in [0, 0.05) is 28.9 Å². The number of benzene rings is 1. The zero-order valence-corrected chi connectivity index (χ0v) is 21.0. The zero-order valence-electron chi connectivity index (χ0n) is 19.5. The minimum absolute atomic E-state index is 0.00329. The lowest BCUT2D eigenvalue weighted by molar-refractivity contribution is -0.145. The third-order valence-electron chi connectivity index (χ3n) is 6.56. The SMILES string of the molecule is CC(C)CN(CC(=O)N1CCc2sccc2C1COc1ccc(Cl)cc1)C(=O)C1CCCC1. The average Bonchev–Trinajstić information content (AvgIpc) is 3.49. The van der Waals surface area contributed by atoms with Crippen molar-refractivity contribution in [3.8, 4) is 5.75 Å². The standard InChI is InChI=1S/C26H33ClN2O3S/c1-18(2)15-28(26(31)19-5-3-4-6-19)16-25(30)29-13-11-24-22(12-14-33-24)23(29)17-32-21-9-7-20(27)8-10-21/h7-10,12,14,18-19,23H,3-6,11,13,15-17H2,1-2H3. The van der Waals surface area contributed by atoms with Crippen LogP contribution >= 0.6 is 22.9 Å². The van der Waals surface area contributed by atoms with E-state index in [0.29, 0.717) is 30.6 Å². The van der Waals surface area contributed by atoms with Gasteiger partial charge in [-0.15, -0.1) is 11.3 Å². The number of carbonyl (C=O) groups is 2. The summed E-state index contributed by atoms with van der Waals surface area (Å²) in [4.78, 5) is 31.8. The molecule has 1 saturated carbocycles. The maximum absolute atomic E-state index is 13.6. The Kier molecular flexibility index (Phi) is 7.97. The summed E-state index contributed by atoms with van der Waals surface area (Å²) in [6.45, 7) is 5.97. The molecule has 1 aliphatic carbocycles. The molecule has 1 unspecified atom stereocenters. The largest absolute Gasteiger partial charge is 0.491 e. The monoisotopic (exact) mass is 488 g/mol. The van der Waals surface area contributed by atoms with Gasteiger partial charge >= 0.3 is 0 Å². The van der Waals surface area contributed by atoms with Crippen LogP contribution in [0.25, 0.3) is 0 Å². The van der Waals surface area contributed by atoms with E-state index in [2.05, 4.69) is 25.3 Å². The van der Waals surface area contributed by atoms with E-state index >= 15 is 0 Å². The zero-order chi connectivity index (χ0) is 23.4. The first kappa shape index (κ1) is 24.1. The van der Waals surface area contributed by atoms with Gasteiger partial charge in [0.15, 0.2) is 0 Å². The average molecular weight is 489 g/mol. The second kappa shape index (κ2) is 10.9. The van der Waals surface area contributed by atoms with E-state index in [1.165, 1.54) is 4.88 Å². The number of thiophene rings is 1. The number of ether oxygens (including phenoxy) is 1. The predicted molar refractivity (Wildman–Crippen MR) is 133 cm³/mol. The van der Waals surface area contributed by atoms with Gasteiger partial charge in [0.1, 0.15) is 12.4 Å². The van der Waals surface area contributed by atoms with Crippen molar-refractivity contribution in [1.82, 2.24) is 9.80 Å². The summed E-state index contributed by atoms with van der Waals surface area (Å²) in [6.07, 6.45) is 4.95. The van der Waals surface area contributed by atoms with Crippen LogP contribution in [0, 0.1) is 11.8 Å². The van der Waals surface area contributed by atoms with Gasteiger partial charge in [0.2, 0.25) is 11.8 Å². The van der Waals surface area contributed by atoms with E-state index in [9.17, 15) is 9.59 Å². The van der Waals surface area contributed by atoms with Gasteiger partial charge in [-0.1, -0.05) is 38.3 Å². The number of rotatable bonds is 8. The highest BCUT2D eigenvalue weighted by Gasteiger charge is 2.35. The Morgan fingerprint density at radius 2 is 1.91 bits per heavy atom. The minimum atomic E-state index is -0.161. The molecule has 5 nitrogen and oxygen atoms in total.